The molecule has 1 aromatic carbocycles. The van der Waals surface area contributed by atoms with Gasteiger partial charge in [0.1, 0.15) is 0 Å². The number of carbonyl (C=O) groups is 1. The summed E-state index contributed by atoms with van der Waals surface area (Å²) in [4.78, 5) is 11.3. The lowest BCUT2D eigenvalue weighted by Gasteiger charge is -2.09. The Morgan fingerprint density at radius 2 is 2.14 bits per heavy atom. The number of esters is 1. The van der Waals surface area contributed by atoms with Crippen molar-refractivity contribution in [2.75, 3.05) is 7.11 Å². The molecular weight excluding hydrogens is 176 g/mol. The summed E-state index contributed by atoms with van der Waals surface area (Å²) in [6, 6.07) is 7.74. The molecule has 2 nitrogen and oxygen atoms in total. The summed E-state index contributed by atoms with van der Waals surface area (Å²) in [5.41, 5.74) is 2.21. The molecule has 0 atom stereocenters. The first kappa shape index (κ1) is 9.25. The minimum Gasteiger partial charge on any atom is -0.465 e. The van der Waals surface area contributed by atoms with Crippen molar-refractivity contribution in [2.45, 2.75) is 25.2 Å². The highest BCUT2D eigenvalue weighted by atomic mass is 16.5. The molecule has 0 spiro atoms. The van der Waals surface area contributed by atoms with Gasteiger partial charge in [-0.3, -0.25) is 0 Å². The lowest BCUT2D eigenvalue weighted by atomic mass is 9.96. The van der Waals surface area contributed by atoms with Crippen molar-refractivity contribution in [1.82, 2.24) is 0 Å². The molecule has 1 aromatic rings. The molecule has 0 saturated heterocycles. The van der Waals surface area contributed by atoms with Crippen LogP contribution >= 0.6 is 0 Å². The number of rotatable bonds is 2. The Morgan fingerprint density at radius 3 is 2.71 bits per heavy atom. The van der Waals surface area contributed by atoms with E-state index in [2.05, 4.69) is 17.7 Å². The highest BCUT2D eigenvalue weighted by molar-refractivity contribution is 5.89. The number of hydrogen-bond acceptors (Lipinski definition) is 2. The van der Waals surface area contributed by atoms with E-state index < -0.39 is 0 Å². The van der Waals surface area contributed by atoms with Gasteiger partial charge in [0.05, 0.1) is 12.7 Å². The normalized spacial score (nSPS) is 17.6. The largest absolute Gasteiger partial charge is 0.465 e. The summed E-state index contributed by atoms with van der Waals surface area (Å²) in [6.45, 7) is 2.23. The van der Waals surface area contributed by atoms with Gasteiger partial charge in [-0.2, -0.15) is 0 Å². The summed E-state index contributed by atoms with van der Waals surface area (Å²) in [5, 5.41) is 0. The van der Waals surface area contributed by atoms with E-state index in [9.17, 15) is 4.79 Å². The molecular formula is C12H14O2. The van der Waals surface area contributed by atoms with Crippen LogP contribution in [0.15, 0.2) is 24.3 Å². The smallest absolute Gasteiger partial charge is 0.337 e. The molecule has 14 heavy (non-hydrogen) atoms. The van der Waals surface area contributed by atoms with E-state index in [1.165, 1.54) is 25.5 Å². The lowest BCUT2D eigenvalue weighted by molar-refractivity contribution is 0.0600. The molecule has 0 aromatic heterocycles. The Balaban J connectivity index is 2.32. The highest BCUT2D eigenvalue weighted by Gasteiger charge is 2.39. The third-order valence-electron chi connectivity index (χ3n) is 2.98. The Morgan fingerprint density at radius 1 is 1.43 bits per heavy atom. The molecule has 2 rings (SSSR count). The monoisotopic (exact) mass is 190 g/mol. The Labute approximate surface area is 83.9 Å². The van der Waals surface area contributed by atoms with Crippen LogP contribution < -0.4 is 0 Å². The van der Waals surface area contributed by atoms with Gasteiger partial charge in [0.2, 0.25) is 0 Å². The number of ether oxygens (including phenoxy) is 1. The van der Waals surface area contributed by atoms with Gasteiger partial charge in [-0.05, 0) is 36.0 Å². The maximum Gasteiger partial charge on any atom is 0.337 e. The van der Waals surface area contributed by atoms with E-state index in [1.807, 2.05) is 12.1 Å². The van der Waals surface area contributed by atoms with Gasteiger partial charge in [0, 0.05) is 0 Å². The van der Waals surface area contributed by atoms with E-state index in [0.29, 0.717) is 11.0 Å². The molecule has 0 N–H and O–H groups in total. The summed E-state index contributed by atoms with van der Waals surface area (Å²) in [5.74, 6) is -0.254. The maximum absolute atomic E-state index is 11.3. The number of benzene rings is 1. The Kier molecular flexibility index (Phi) is 2.06. The standard InChI is InChI=1S/C12H14O2/c1-12(6-7-12)10-5-3-4-9(8-10)11(13)14-2/h3-5,8H,6-7H2,1-2H3. The average molecular weight is 190 g/mol. The van der Waals surface area contributed by atoms with Crippen LogP contribution in [0, 0.1) is 0 Å². The second-order valence-corrected chi connectivity index (χ2v) is 4.13. The van der Waals surface area contributed by atoms with Crippen LogP contribution in [-0.2, 0) is 10.2 Å². The highest BCUT2D eigenvalue weighted by Crippen LogP contribution is 2.47. The van der Waals surface area contributed by atoms with Crippen molar-refractivity contribution in [3.63, 3.8) is 0 Å². The van der Waals surface area contributed by atoms with Gasteiger partial charge in [0.25, 0.3) is 0 Å². The van der Waals surface area contributed by atoms with Crippen LogP contribution in [0.5, 0.6) is 0 Å². The molecule has 0 aliphatic heterocycles. The molecule has 1 aliphatic rings. The van der Waals surface area contributed by atoms with Crippen molar-refractivity contribution >= 4 is 5.97 Å². The van der Waals surface area contributed by atoms with Crippen LogP contribution in [-0.4, -0.2) is 13.1 Å². The molecule has 0 radical (unpaired) electrons. The van der Waals surface area contributed by atoms with E-state index in [0.717, 1.165) is 0 Å². The fourth-order valence-corrected chi connectivity index (χ4v) is 1.62. The third-order valence-corrected chi connectivity index (χ3v) is 2.98. The van der Waals surface area contributed by atoms with Crippen molar-refractivity contribution in [1.29, 1.82) is 0 Å². The first-order valence-corrected chi connectivity index (χ1v) is 4.84. The molecule has 1 aliphatic carbocycles. The minimum atomic E-state index is -0.254. The molecule has 1 saturated carbocycles. The summed E-state index contributed by atoms with van der Waals surface area (Å²) in [6.07, 6.45) is 2.44. The van der Waals surface area contributed by atoms with Crippen LogP contribution in [0.25, 0.3) is 0 Å². The maximum atomic E-state index is 11.3. The van der Waals surface area contributed by atoms with E-state index in [1.54, 1.807) is 6.07 Å². The number of carbonyl (C=O) groups excluding carboxylic acids is 1. The first-order chi connectivity index (χ1) is 6.65. The minimum absolute atomic E-state index is 0.254. The molecule has 0 amide bonds. The molecule has 74 valence electrons. The van der Waals surface area contributed by atoms with E-state index in [4.69, 9.17) is 0 Å². The summed E-state index contributed by atoms with van der Waals surface area (Å²) >= 11 is 0. The second-order valence-electron chi connectivity index (χ2n) is 4.13. The van der Waals surface area contributed by atoms with Crippen molar-refractivity contribution in [3.8, 4) is 0 Å². The summed E-state index contributed by atoms with van der Waals surface area (Å²) in [7, 11) is 1.41. The van der Waals surface area contributed by atoms with Gasteiger partial charge in [0.15, 0.2) is 0 Å². The van der Waals surface area contributed by atoms with Crippen LogP contribution in [0.3, 0.4) is 0 Å². The van der Waals surface area contributed by atoms with Gasteiger partial charge < -0.3 is 4.74 Å². The second kappa shape index (κ2) is 3.12. The predicted molar refractivity (Wildman–Crippen MR) is 54.4 cm³/mol. The lowest BCUT2D eigenvalue weighted by Crippen LogP contribution is -2.05. The Bertz CT molecular complexity index is 364. The van der Waals surface area contributed by atoms with Crippen LogP contribution in [0.2, 0.25) is 0 Å². The number of hydrogen-bond donors (Lipinski definition) is 0. The fourth-order valence-electron chi connectivity index (χ4n) is 1.62. The molecule has 0 unspecified atom stereocenters. The zero-order chi connectivity index (χ0) is 10.2. The summed E-state index contributed by atoms with van der Waals surface area (Å²) < 4.78 is 4.69. The van der Waals surface area contributed by atoms with E-state index >= 15 is 0 Å². The van der Waals surface area contributed by atoms with Crippen molar-refractivity contribution in [3.05, 3.63) is 35.4 Å². The average Bonchev–Trinajstić information content (AvgIpc) is 2.97. The zero-order valence-electron chi connectivity index (χ0n) is 8.54. The first-order valence-electron chi connectivity index (χ1n) is 4.84. The van der Waals surface area contributed by atoms with E-state index in [-0.39, 0.29) is 5.97 Å². The SMILES string of the molecule is COC(=O)c1cccc(C2(C)CC2)c1. The molecule has 2 heteroatoms. The third kappa shape index (κ3) is 1.52. The number of methoxy groups -OCH3 is 1. The molecule has 0 bridgehead atoms. The van der Waals surface area contributed by atoms with Crippen molar-refractivity contribution < 1.29 is 9.53 Å². The quantitative estimate of drug-likeness (QED) is 0.670. The van der Waals surface area contributed by atoms with Crippen molar-refractivity contribution in [2.24, 2.45) is 0 Å². The topological polar surface area (TPSA) is 26.3 Å². The van der Waals surface area contributed by atoms with Gasteiger partial charge in [-0.1, -0.05) is 19.1 Å². The van der Waals surface area contributed by atoms with Gasteiger partial charge in [-0.25, -0.2) is 4.79 Å². The van der Waals surface area contributed by atoms with Crippen LogP contribution in [0.4, 0.5) is 0 Å². The van der Waals surface area contributed by atoms with Gasteiger partial charge in [-0.15, -0.1) is 0 Å². The molecule has 0 heterocycles. The zero-order valence-corrected chi connectivity index (χ0v) is 8.54. The fraction of sp³-hybridized carbons (Fsp3) is 0.417. The Hall–Kier alpha value is -1.31. The molecule has 1 fully saturated rings. The van der Waals surface area contributed by atoms with Gasteiger partial charge >= 0.3 is 5.97 Å². The predicted octanol–water partition coefficient (Wildman–Crippen LogP) is 2.52. The van der Waals surface area contributed by atoms with Crippen LogP contribution in [0.1, 0.15) is 35.7 Å².